The lowest BCUT2D eigenvalue weighted by Gasteiger charge is -2.22. The Morgan fingerprint density at radius 2 is 2.14 bits per heavy atom. The number of aliphatic imine (C=N–C) groups is 1. The number of aryl methyl sites for hydroxylation is 1. The predicted octanol–water partition coefficient (Wildman–Crippen LogP) is 2.33. The molecule has 2 rings (SSSR count). The molecule has 22 heavy (non-hydrogen) atoms. The van der Waals surface area contributed by atoms with E-state index in [9.17, 15) is 0 Å². The van der Waals surface area contributed by atoms with Crippen LogP contribution in [-0.2, 0) is 20.1 Å². The first kappa shape index (κ1) is 16.6. The summed E-state index contributed by atoms with van der Waals surface area (Å²) in [5.74, 6) is 1.60. The molecular weight excluding hydrogens is 323 g/mol. The second kappa shape index (κ2) is 7.47. The SMILES string of the molecule is CN=C(NCc1nncn1C)N(C)Cc1ccc(Cl)c(Cl)c1. The van der Waals surface area contributed by atoms with Gasteiger partial charge in [0.15, 0.2) is 11.8 Å². The summed E-state index contributed by atoms with van der Waals surface area (Å²) in [5, 5.41) is 12.2. The van der Waals surface area contributed by atoms with E-state index >= 15 is 0 Å². The highest BCUT2D eigenvalue weighted by Gasteiger charge is 2.09. The molecular formula is C14H18Cl2N6. The summed E-state index contributed by atoms with van der Waals surface area (Å²) in [4.78, 5) is 6.26. The molecule has 2 aromatic rings. The van der Waals surface area contributed by atoms with Gasteiger partial charge in [0.2, 0.25) is 0 Å². The summed E-state index contributed by atoms with van der Waals surface area (Å²) in [7, 11) is 5.60. The third-order valence-corrected chi connectivity index (χ3v) is 3.93. The van der Waals surface area contributed by atoms with Crippen LogP contribution < -0.4 is 5.32 Å². The van der Waals surface area contributed by atoms with Crippen LogP contribution in [0.3, 0.4) is 0 Å². The smallest absolute Gasteiger partial charge is 0.194 e. The normalized spacial score (nSPS) is 11.6. The number of aromatic nitrogens is 3. The van der Waals surface area contributed by atoms with Crippen LogP contribution in [0.2, 0.25) is 10.0 Å². The number of guanidine groups is 1. The Morgan fingerprint density at radius 1 is 1.36 bits per heavy atom. The first-order valence-electron chi connectivity index (χ1n) is 6.70. The lowest BCUT2D eigenvalue weighted by molar-refractivity contribution is 0.474. The van der Waals surface area contributed by atoms with Crippen molar-refractivity contribution in [3.63, 3.8) is 0 Å². The van der Waals surface area contributed by atoms with Crippen LogP contribution in [0.1, 0.15) is 11.4 Å². The van der Waals surface area contributed by atoms with Crippen molar-refractivity contribution >= 4 is 29.2 Å². The van der Waals surface area contributed by atoms with Crippen LogP contribution in [0.15, 0.2) is 29.5 Å². The van der Waals surface area contributed by atoms with Crippen molar-refractivity contribution in [1.29, 1.82) is 0 Å². The van der Waals surface area contributed by atoms with Crippen molar-refractivity contribution in [3.8, 4) is 0 Å². The number of halogens is 2. The quantitative estimate of drug-likeness (QED) is 0.685. The summed E-state index contributed by atoms with van der Waals surface area (Å²) in [5.41, 5.74) is 1.05. The van der Waals surface area contributed by atoms with E-state index < -0.39 is 0 Å². The Balaban J connectivity index is 1.98. The molecule has 0 aliphatic heterocycles. The van der Waals surface area contributed by atoms with Gasteiger partial charge in [-0.3, -0.25) is 4.99 Å². The van der Waals surface area contributed by atoms with Gasteiger partial charge in [-0.2, -0.15) is 0 Å². The molecule has 1 aromatic carbocycles. The highest BCUT2D eigenvalue weighted by molar-refractivity contribution is 6.42. The number of nitrogens with zero attached hydrogens (tertiary/aromatic N) is 5. The summed E-state index contributed by atoms with van der Waals surface area (Å²) >= 11 is 12.0. The van der Waals surface area contributed by atoms with Gasteiger partial charge >= 0.3 is 0 Å². The van der Waals surface area contributed by atoms with Crippen LogP contribution in [0.4, 0.5) is 0 Å². The molecule has 0 aliphatic rings. The second-order valence-electron chi connectivity index (χ2n) is 4.86. The van der Waals surface area contributed by atoms with Gasteiger partial charge in [0.1, 0.15) is 6.33 Å². The van der Waals surface area contributed by atoms with Crippen LogP contribution in [0.25, 0.3) is 0 Å². The average Bonchev–Trinajstić information content (AvgIpc) is 2.89. The van der Waals surface area contributed by atoms with Crippen molar-refractivity contribution in [3.05, 3.63) is 46.0 Å². The summed E-state index contributed by atoms with van der Waals surface area (Å²) in [6.45, 7) is 1.21. The fraction of sp³-hybridized carbons (Fsp3) is 0.357. The van der Waals surface area contributed by atoms with Gasteiger partial charge in [0, 0.05) is 27.7 Å². The van der Waals surface area contributed by atoms with Crippen LogP contribution >= 0.6 is 23.2 Å². The fourth-order valence-corrected chi connectivity index (χ4v) is 2.32. The molecule has 6 nitrogen and oxygen atoms in total. The molecule has 0 radical (unpaired) electrons. The van der Waals surface area contributed by atoms with Crippen molar-refractivity contribution in [2.45, 2.75) is 13.1 Å². The van der Waals surface area contributed by atoms with Crippen LogP contribution in [0.5, 0.6) is 0 Å². The molecule has 0 bridgehead atoms. The molecule has 118 valence electrons. The van der Waals surface area contributed by atoms with Gasteiger partial charge in [-0.15, -0.1) is 10.2 Å². The third kappa shape index (κ3) is 4.11. The van der Waals surface area contributed by atoms with Crippen LogP contribution in [-0.4, -0.2) is 39.7 Å². The minimum atomic E-state index is 0.550. The highest BCUT2D eigenvalue weighted by Crippen LogP contribution is 2.23. The fourth-order valence-electron chi connectivity index (χ4n) is 2.00. The van der Waals surface area contributed by atoms with Crippen molar-refractivity contribution in [1.82, 2.24) is 25.0 Å². The first-order chi connectivity index (χ1) is 10.5. The molecule has 0 amide bonds. The molecule has 1 N–H and O–H groups in total. The Kier molecular flexibility index (Phi) is 5.63. The predicted molar refractivity (Wildman–Crippen MR) is 89.1 cm³/mol. The Hall–Kier alpha value is -1.79. The van der Waals surface area contributed by atoms with Crippen LogP contribution in [0, 0.1) is 0 Å². The first-order valence-corrected chi connectivity index (χ1v) is 7.45. The Labute approximate surface area is 139 Å². The van der Waals surface area contributed by atoms with E-state index in [1.807, 2.05) is 35.7 Å². The largest absolute Gasteiger partial charge is 0.349 e. The molecule has 0 saturated heterocycles. The van der Waals surface area contributed by atoms with Crippen molar-refractivity contribution in [2.75, 3.05) is 14.1 Å². The molecule has 1 heterocycles. The summed E-state index contributed by atoms with van der Waals surface area (Å²) in [6.07, 6.45) is 1.67. The maximum atomic E-state index is 6.04. The molecule has 0 saturated carbocycles. The van der Waals surface area contributed by atoms with Gasteiger partial charge < -0.3 is 14.8 Å². The zero-order valence-corrected chi connectivity index (χ0v) is 14.2. The van der Waals surface area contributed by atoms with E-state index in [4.69, 9.17) is 23.2 Å². The molecule has 0 unspecified atom stereocenters. The van der Waals surface area contributed by atoms with Crippen molar-refractivity contribution in [2.24, 2.45) is 12.0 Å². The average molecular weight is 341 g/mol. The van der Waals surface area contributed by atoms with E-state index in [0.29, 0.717) is 23.1 Å². The highest BCUT2D eigenvalue weighted by atomic mass is 35.5. The molecule has 1 aromatic heterocycles. The number of hydrogen-bond donors (Lipinski definition) is 1. The lowest BCUT2D eigenvalue weighted by atomic mass is 10.2. The zero-order valence-electron chi connectivity index (χ0n) is 12.7. The van der Waals surface area contributed by atoms with E-state index in [1.165, 1.54) is 0 Å². The van der Waals surface area contributed by atoms with E-state index in [1.54, 1.807) is 19.4 Å². The molecule has 0 spiro atoms. The van der Waals surface area contributed by atoms with Gasteiger partial charge in [0.25, 0.3) is 0 Å². The minimum Gasteiger partial charge on any atom is -0.349 e. The zero-order chi connectivity index (χ0) is 16.1. The van der Waals surface area contributed by atoms with E-state index in [2.05, 4.69) is 20.5 Å². The lowest BCUT2D eigenvalue weighted by Crippen LogP contribution is -2.38. The maximum absolute atomic E-state index is 6.04. The number of benzene rings is 1. The van der Waals surface area contributed by atoms with Gasteiger partial charge in [-0.1, -0.05) is 29.3 Å². The Bertz CT molecular complexity index is 667. The standard InChI is InChI=1S/C14H18Cl2N6/c1-17-14(18-7-13-20-19-9-22(13)3)21(2)8-10-4-5-11(15)12(16)6-10/h4-6,9H,7-8H2,1-3H3,(H,17,18). The number of rotatable bonds is 4. The van der Waals surface area contributed by atoms with Gasteiger partial charge in [-0.25, -0.2) is 0 Å². The minimum absolute atomic E-state index is 0.550. The molecule has 0 aliphatic carbocycles. The van der Waals surface area contributed by atoms with Gasteiger partial charge in [-0.05, 0) is 17.7 Å². The van der Waals surface area contributed by atoms with Gasteiger partial charge in [0.05, 0.1) is 16.6 Å². The molecule has 0 atom stereocenters. The number of nitrogens with one attached hydrogen (secondary N) is 1. The third-order valence-electron chi connectivity index (χ3n) is 3.19. The summed E-state index contributed by atoms with van der Waals surface area (Å²) < 4.78 is 1.86. The second-order valence-corrected chi connectivity index (χ2v) is 5.68. The molecule has 0 fully saturated rings. The maximum Gasteiger partial charge on any atom is 0.194 e. The monoisotopic (exact) mass is 340 g/mol. The van der Waals surface area contributed by atoms with Crippen molar-refractivity contribution < 1.29 is 0 Å². The van der Waals surface area contributed by atoms with E-state index in [-0.39, 0.29) is 0 Å². The molecule has 8 heteroatoms. The van der Waals surface area contributed by atoms with E-state index in [0.717, 1.165) is 17.3 Å². The number of hydrogen-bond acceptors (Lipinski definition) is 3. The Morgan fingerprint density at radius 3 is 2.73 bits per heavy atom. The summed E-state index contributed by atoms with van der Waals surface area (Å²) in [6, 6.07) is 5.60. The topological polar surface area (TPSA) is 58.3 Å².